The zero-order valence-electron chi connectivity index (χ0n) is 14.4. The van der Waals surface area contributed by atoms with Gasteiger partial charge in [0.15, 0.2) is 0 Å². The van der Waals surface area contributed by atoms with E-state index in [1.54, 1.807) is 24.3 Å². The van der Waals surface area contributed by atoms with Crippen LogP contribution >= 0.6 is 0 Å². The number of alkyl halides is 3. The van der Waals surface area contributed by atoms with Crippen LogP contribution in [0.1, 0.15) is 18.7 Å². The van der Waals surface area contributed by atoms with Crippen molar-refractivity contribution in [1.29, 1.82) is 0 Å². The number of aromatic nitrogens is 2. The predicted octanol–water partition coefficient (Wildman–Crippen LogP) is 2.95. The minimum absolute atomic E-state index is 0.290. The highest BCUT2D eigenvalue weighted by Crippen LogP contribution is 2.32. The van der Waals surface area contributed by atoms with Gasteiger partial charge in [0.25, 0.3) is 0 Å². The Labute approximate surface area is 149 Å². The van der Waals surface area contributed by atoms with E-state index in [0.717, 1.165) is 39.1 Å². The van der Waals surface area contributed by atoms with Crippen LogP contribution in [0.25, 0.3) is 10.9 Å². The number of rotatable bonds is 3. The molecular weight excluding hydrogens is 345 g/mol. The smallest absolute Gasteiger partial charge is 0.377 e. The molecule has 1 aromatic carbocycles. The van der Waals surface area contributed by atoms with Crippen molar-refractivity contribution in [2.24, 2.45) is 0 Å². The molecule has 0 radical (unpaired) electrons. The van der Waals surface area contributed by atoms with E-state index < -0.39 is 12.0 Å². The summed E-state index contributed by atoms with van der Waals surface area (Å²) >= 11 is 0. The Hall–Kier alpha value is -1.93. The molecule has 8 heteroatoms. The first kappa shape index (κ1) is 17.5. The fraction of sp³-hybridized carbons (Fsp3) is 0.556. The molecule has 2 aliphatic rings. The number of benzene rings is 1. The van der Waals surface area contributed by atoms with E-state index in [-0.39, 0.29) is 0 Å². The van der Waals surface area contributed by atoms with Gasteiger partial charge in [0.2, 0.25) is 5.82 Å². The molecule has 2 fully saturated rings. The van der Waals surface area contributed by atoms with Crippen molar-refractivity contribution in [3.63, 3.8) is 0 Å². The van der Waals surface area contributed by atoms with E-state index in [1.807, 2.05) is 4.90 Å². The number of hydrogen-bond acceptors (Lipinski definition) is 5. The number of hydrogen-bond donors (Lipinski definition) is 0. The maximum Gasteiger partial charge on any atom is 0.451 e. The van der Waals surface area contributed by atoms with Crippen LogP contribution in [-0.4, -0.2) is 60.3 Å². The van der Waals surface area contributed by atoms with Gasteiger partial charge in [0, 0.05) is 44.7 Å². The normalized spacial score (nSPS) is 22.3. The summed E-state index contributed by atoms with van der Waals surface area (Å²) in [5.41, 5.74) is 0.326. The molecule has 1 aromatic heterocycles. The fourth-order valence-corrected chi connectivity index (χ4v) is 3.65. The third kappa shape index (κ3) is 3.61. The molecule has 26 heavy (non-hydrogen) atoms. The molecule has 0 spiro atoms. The van der Waals surface area contributed by atoms with Crippen LogP contribution in [0.3, 0.4) is 0 Å². The summed E-state index contributed by atoms with van der Waals surface area (Å²) in [6.07, 6.45) is -2.07. The molecule has 140 valence electrons. The largest absolute Gasteiger partial charge is 0.451 e. The molecule has 5 nitrogen and oxygen atoms in total. The van der Waals surface area contributed by atoms with Gasteiger partial charge in [0.05, 0.1) is 11.6 Å². The molecule has 2 aliphatic heterocycles. The molecule has 2 aromatic rings. The second-order valence-corrected chi connectivity index (χ2v) is 6.81. The Morgan fingerprint density at radius 2 is 1.85 bits per heavy atom. The highest BCUT2D eigenvalue weighted by Gasteiger charge is 2.36. The standard InChI is InChI=1S/C18H21F3N4O/c19-18(20,21)17-22-15-6-2-1-5-14(15)16(23-17)25-9-7-24(8-10-25)12-13-4-3-11-26-13/h1-2,5-6,13H,3-4,7-12H2/t13-/m0/s1. The average molecular weight is 366 g/mol. The number of nitrogens with zero attached hydrogens (tertiary/aromatic N) is 4. The zero-order chi connectivity index (χ0) is 18.1. The Balaban J connectivity index is 1.55. The van der Waals surface area contributed by atoms with Gasteiger partial charge < -0.3 is 9.64 Å². The van der Waals surface area contributed by atoms with Crippen molar-refractivity contribution in [1.82, 2.24) is 14.9 Å². The van der Waals surface area contributed by atoms with E-state index >= 15 is 0 Å². The second kappa shape index (κ2) is 7.00. The van der Waals surface area contributed by atoms with Crippen LogP contribution in [0.15, 0.2) is 24.3 Å². The molecular formula is C18H21F3N4O. The molecule has 2 saturated heterocycles. The lowest BCUT2D eigenvalue weighted by Gasteiger charge is -2.36. The molecule has 1 atom stereocenters. The lowest BCUT2D eigenvalue weighted by atomic mass is 10.2. The number of fused-ring (bicyclic) bond motifs is 1. The molecule has 0 aliphatic carbocycles. The molecule has 0 saturated carbocycles. The topological polar surface area (TPSA) is 41.5 Å². The molecule has 0 amide bonds. The molecule has 0 bridgehead atoms. The van der Waals surface area contributed by atoms with E-state index in [0.29, 0.717) is 35.9 Å². The van der Waals surface area contributed by atoms with E-state index in [9.17, 15) is 13.2 Å². The molecule has 0 N–H and O–H groups in total. The Kier molecular flexibility index (Phi) is 4.71. The van der Waals surface area contributed by atoms with Crippen LogP contribution in [0, 0.1) is 0 Å². The second-order valence-electron chi connectivity index (χ2n) is 6.81. The predicted molar refractivity (Wildman–Crippen MR) is 92.2 cm³/mol. The van der Waals surface area contributed by atoms with Crippen molar-refractivity contribution in [2.75, 3.05) is 44.2 Å². The van der Waals surface area contributed by atoms with E-state index in [4.69, 9.17) is 4.74 Å². The summed E-state index contributed by atoms with van der Waals surface area (Å²) < 4.78 is 45.2. The van der Waals surface area contributed by atoms with Gasteiger partial charge >= 0.3 is 6.18 Å². The number of halogens is 3. The lowest BCUT2D eigenvalue weighted by Crippen LogP contribution is -2.49. The van der Waals surface area contributed by atoms with Crippen LogP contribution in [-0.2, 0) is 10.9 Å². The van der Waals surface area contributed by atoms with Crippen molar-refractivity contribution < 1.29 is 17.9 Å². The Bertz CT molecular complexity index is 769. The lowest BCUT2D eigenvalue weighted by molar-refractivity contribution is -0.144. The van der Waals surface area contributed by atoms with Gasteiger partial charge in [-0.05, 0) is 25.0 Å². The van der Waals surface area contributed by atoms with Gasteiger partial charge in [-0.3, -0.25) is 4.90 Å². The summed E-state index contributed by atoms with van der Waals surface area (Å²) in [6.45, 7) is 4.60. The van der Waals surface area contributed by atoms with Crippen molar-refractivity contribution >= 4 is 16.7 Å². The van der Waals surface area contributed by atoms with Gasteiger partial charge in [-0.1, -0.05) is 12.1 Å². The average Bonchev–Trinajstić information content (AvgIpc) is 3.14. The van der Waals surface area contributed by atoms with E-state index in [1.165, 1.54) is 0 Å². The quantitative estimate of drug-likeness (QED) is 0.836. The number of ether oxygens (including phenoxy) is 1. The maximum absolute atomic E-state index is 13.2. The SMILES string of the molecule is FC(F)(F)c1nc(N2CCN(C[C@@H]3CCCO3)CC2)c2ccccc2n1. The van der Waals surface area contributed by atoms with Crippen molar-refractivity contribution in [2.45, 2.75) is 25.1 Å². The van der Waals surface area contributed by atoms with Gasteiger partial charge in [-0.25, -0.2) is 9.97 Å². The van der Waals surface area contributed by atoms with Crippen LogP contribution in [0.5, 0.6) is 0 Å². The maximum atomic E-state index is 13.2. The fourth-order valence-electron chi connectivity index (χ4n) is 3.65. The highest BCUT2D eigenvalue weighted by atomic mass is 19.4. The third-order valence-corrected chi connectivity index (χ3v) is 4.99. The number of para-hydroxylation sites is 1. The minimum atomic E-state index is -4.56. The molecule has 4 rings (SSSR count). The van der Waals surface area contributed by atoms with Gasteiger partial charge in [-0.15, -0.1) is 0 Å². The summed E-state index contributed by atoms with van der Waals surface area (Å²) in [6, 6.07) is 6.88. The van der Waals surface area contributed by atoms with Crippen LogP contribution in [0.2, 0.25) is 0 Å². The monoisotopic (exact) mass is 366 g/mol. The van der Waals surface area contributed by atoms with Crippen LogP contribution in [0.4, 0.5) is 19.0 Å². The van der Waals surface area contributed by atoms with E-state index in [2.05, 4.69) is 14.9 Å². The Morgan fingerprint density at radius 3 is 2.54 bits per heavy atom. The highest BCUT2D eigenvalue weighted by molar-refractivity contribution is 5.89. The third-order valence-electron chi connectivity index (χ3n) is 4.99. The van der Waals surface area contributed by atoms with Gasteiger partial charge in [0.1, 0.15) is 5.82 Å². The van der Waals surface area contributed by atoms with Crippen molar-refractivity contribution in [3.8, 4) is 0 Å². The molecule has 0 unspecified atom stereocenters. The van der Waals surface area contributed by atoms with Gasteiger partial charge in [-0.2, -0.15) is 13.2 Å². The first-order valence-electron chi connectivity index (χ1n) is 8.93. The first-order valence-corrected chi connectivity index (χ1v) is 8.93. The summed E-state index contributed by atoms with van der Waals surface area (Å²) in [5.74, 6) is -0.701. The Morgan fingerprint density at radius 1 is 1.08 bits per heavy atom. The summed E-state index contributed by atoms with van der Waals surface area (Å²) in [5, 5.41) is 0.660. The number of anilines is 1. The van der Waals surface area contributed by atoms with Crippen molar-refractivity contribution in [3.05, 3.63) is 30.1 Å². The minimum Gasteiger partial charge on any atom is -0.377 e. The van der Waals surface area contributed by atoms with Crippen LogP contribution < -0.4 is 4.90 Å². The number of piperazine rings is 1. The zero-order valence-corrected chi connectivity index (χ0v) is 14.4. The summed E-state index contributed by atoms with van der Waals surface area (Å²) in [4.78, 5) is 11.8. The molecule has 3 heterocycles. The first-order chi connectivity index (χ1) is 12.5. The summed E-state index contributed by atoms with van der Waals surface area (Å²) in [7, 11) is 0.